The fourth-order valence-electron chi connectivity index (χ4n) is 1.74. The molecule has 0 unspecified atom stereocenters. The maximum Gasteiger partial charge on any atom is 0.238 e. The van der Waals surface area contributed by atoms with Crippen molar-refractivity contribution in [1.29, 1.82) is 0 Å². The smallest absolute Gasteiger partial charge is 0.238 e. The number of primary sulfonamides is 1. The van der Waals surface area contributed by atoms with Gasteiger partial charge in [-0.3, -0.25) is 0 Å². The lowest BCUT2D eigenvalue weighted by atomic mass is 10.1. The first-order valence-corrected chi connectivity index (χ1v) is 7.94. The number of sulfonamides is 1. The Morgan fingerprint density at radius 1 is 1.15 bits per heavy atom. The lowest BCUT2D eigenvalue weighted by Gasteiger charge is -2.04. The standard InChI is InChI=1S/C13H15ClN2O3S/c14-13-6-3-11(19-13)9-16-8-7-10-1-4-12(5-2-10)20(15,17)18/h1-6,16H,7-9H2,(H2,15,17,18). The summed E-state index contributed by atoms with van der Waals surface area (Å²) < 4.78 is 27.4. The van der Waals surface area contributed by atoms with Gasteiger partial charge in [0.2, 0.25) is 10.0 Å². The number of hydrogen-bond acceptors (Lipinski definition) is 4. The van der Waals surface area contributed by atoms with Gasteiger partial charge in [0.05, 0.1) is 11.4 Å². The summed E-state index contributed by atoms with van der Waals surface area (Å²) in [4.78, 5) is 0.124. The van der Waals surface area contributed by atoms with Crippen LogP contribution in [0.4, 0.5) is 0 Å². The van der Waals surface area contributed by atoms with E-state index in [1.54, 1.807) is 18.2 Å². The summed E-state index contributed by atoms with van der Waals surface area (Å²) in [5, 5.41) is 8.62. The van der Waals surface area contributed by atoms with Crippen LogP contribution in [-0.4, -0.2) is 15.0 Å². The van der Waals surface area contributed by atoms with Gasteiger partial charge in [-0.15, -0.1) is 0 Å². The molecule has 0 atom stereocenters. The van der Waals surface area contributed by atoms with Crippen molar-refractivity contribution >= 4 is 21.6 Å². The molecule has 3 N–H and O–H groups in total. The van der Waals surface area contributed by atoms with Crippen LogP contribution in [0.25, 0.3) is 0 Å². The summed E-state index contributed by atoms with van der Waals surface area (Å²) in [5.41, 5.74) is 1.03. The molecule has 0 aliphatic rings. The Hall–Kier alpha value is -1.34. The van der Waals surface area contributed by atoms with Crippen molar-refractivity contribution in [3.05, 3.63) is 52.9 Å². The summed E-state index contributed by atoms with van der Waals surface area (Å²) in [7, 11) is -3.62. The molecule has 0 spiro atoms. The molecular formula is C13H15ClN2O3S. The highest BCUT2D eigenvalue weighted by atomic mass is 35.5. The molecule has 0 aliphatic heterocycles. The van der Waals surface area contributed by atoms with E-state index in [2.05, 4.69) is 5.32 Å². The second-order valence-corrected chi connectivity index (χ2v) is 6.26. The van der Waals surface area contributed by atoms with Crippen molar-refractivity contribution in [2.45, 2.75) is 17.9 Å². The Kier molecular flexibility index (Phi) is 4.82. The molecule has 0 saturated carbocycles. The third kappa shape index (κ3) is 4.35. The highest BCUT2D eigenvalue weighted by molar-refractivity contribution is 7.89. The van der Waals surface area contributed by atoms with Crippen molar-refractivity contribution in [3.63, 3.8) is 0 Å². The summed E-state index contributed by atoms with van der Waals surface area (Å²) >= 11 is 5.67. The number of furan rings is 1. The molecule has 1 heterocycles. The molecule has 1 aromatic heterocycles. The molecule has 1 aromatic carbocycles. The Morgan fingerprint density at radius 3 is 2.40 bits per heavy atom. The minimum atomic E-state index is -3.62. The van der Waals surface area contributed by atoms with E-state index in [1.807, 2.05) is 6.07 Å². The van der Waals surface area contributed by atoms with Gasteiger partial charge in [0, 0.05) is 0 Å². The first-order valence-electron chi connectivity index (χ1n) is 6.02. The third-order valence-electron chi connectivity index (χ3n) is 2.77. The van der Waals surface area contributed by atoms with Crippen LogP contribution in [0.2, 0.25) is 5.22 Å². The summed E-state index contributed by atoms with van der Waals surface area (Å²) in [6.45, 7) is 1.34. The Balaban J connectivity index is 1.80. The zero-order chi connectivity index (χ0) is 14.6. The summed E-state index contributed by atoms with van der Waals surface area (Å²) in [5.74, 6) is 0.777. The minimum Gasteiger partial charge on any atom is -0.448 e. The average Bonchev–Trinajstić information content (AvgIpc) is 2.80. The number of halogens is 1. The normalized spacial score (nSPS) is 11.7. The van der Waals surface area contributed by atoms with Crippen LogP contribution in [0.5, 0.6) is 0 Å². The predicted molar refractivity (Wildman–Crippen MR) is 76.9 cm³/mol. The maximum absolute atomic E-state index is 11.1. The third-order valence-corrected chi connectivity index (χ3v) is 3.90. The van der Waals surface area contributed by atoms with Gasteiger partial charge in [-0.2, -0.15) is 0 Å². The molecule has 2 rings (SSSR count). The fourth-order valence-corrected chi connectivity index (χ4v) is 2.41. The first kappa shape index (κ1) is 15.1. The predicted octanol–water partition coefficient (Wildman–Crippen LogP) is 1.91. The highest BCUT2D eigenvalue weighted by Crippen LogP contribution is 2.12. The van der Waals surface area contributed by atoms with Crippen molar-refractivity contribution in [1.82, 2.24) is 5.32 Å². The number of hydrogen-bond donors (Lipinski definition) is 2. The second-order valence-electron chi connectivity index (χ2n) is 4.32. The van der Waals surface area contributed by atoms with E-state index < -0.39 is 10.0 Å². The molecule has 0 bridgehead atoms. The van der Waals surface area contributed by atoms with Crippen LogP contribution in [0.1, 0.15) is 11.3 Å². The van der Waals surface area contributed by atoms with Crippen molar-refractivity contribution in [2.75, 3.05) is 6.54 Å². The molecule has 108 valence electrons. The largest absolute Gasteiger partial charge is 0.448 e. The summed E-state index contributed by atoms with van der Waals surface area (Å²) in [6.07, 6.45) is 0.777. The Bertz CT molecular complexity index is 665. The second kappa shape index (κ2) is 6.41. The minimum absolute atomic E-state index is 0.124. The van der Waals surface area contributed by atoms with E-state index in [-0.39, 0.29) is 4.90 Å². The first-order chi connectivity index (χ1) is 9.45. The van der Waals surface area contributed by atoms with Crippen LogP contribution < -0.4 is 10.5 Å². The van der Waals surface area contributed by atoms with Gasteiger partial charge >= 0.3 is 0 Å². The van der Waals surface area contributed by atoms with Gasteiger partial charge in [0.1, 0.15) is 5.76 Å². The Labute approximate surface area is 122 Å². The van der Waals surface area contributed by atoms with Crippen LogP contribution in [0.3, 0.4) is 0 Å². The molecule has 5 nitrogen and oxygen atoms in total. The van der Waals surface area contributed by atoms with Crippen LogP contribution >= 0.6 is 11.6 Å². The number of benzene rings is 1. The van der Waals surface area contributed by atoms with E-state index in [1.165, 1.54) is 12.1 Å². The monoisotopic (exact) mass is 314 g/mol. The van der Waals surface area contributed by atoms with Gasteiger partial charge in [-0.25, -0.2) is 13.6 Å². The maximum atomic E-state index is 11.1. The van der Waals surface area contributed by atoms with Crippen molar-refractivity contribution in [2.24, 2.45) is 5.14 Å². The van der Waals surface area contributed by atoms with E-state index in [4.69, 9.17) is 21.2 Å². The van der Waals surface area contributed by atoms with E-state index in [9.17, 15) is 8.42 Å². The molecule has 20 heavy (non-hydrogen) atoms. The van der Waals surface area contributed by atoms with Crippen molar-refractivity contribution < 1.29 is 12.8 Å². The number of rotatable bonds is 6. The lowest BCUT2D eigenvalue weighted by Crippen LogP contribution is -2.16. The Morgan fingerprint density at radius 2 is 1.85 bits per heavy atom. The van der Waals surface area contributed by atoms with Gasteiger partial charge in [-0.05, 0) is 54.4 Å². The van der Waals surface area contributed by atoms with E-state index >= 15 is 0 Å². The van der Waals surface area contributed by atoms with Crippen molar-refractivity contribution in [3.8, 4) is 0 Å². The summed E-state index contributed by atoms with van der Waals surface area (Å²) in [6, 6.07) is 10.0. The van der Waals surface area contributed by atoms with Gasteiger partial charge in [0.25, 0.3) is 0 Å². The quantitative estimate of drug-likeness (QED) is 0.798. The van der Waals surface area contributed by atoms with Gasteiger partial charge in [-0.1, -0.05) is 12.1 Å². The molecule has 0 aliphatic carbocycles. The van der Waals surface area contributed by atoms with Crippen LogP contribution in [0.15, 0.2) is 45.7 Å². The number of nitrogens with one attached hydrogen (secondary N) is 1. The van der Waals surface area contributed by atoms with Gasteiger partial charge in [0.15, 0.2) is 5.22 Å². The molecule has 7 heteroatoms. The molecule has 0 amide bonds. The topological polar surface area (TPSA) is 85.3 Å². The van der Waals surface area contributed by atoms with Crippen LogP contribution in [-0.2, 0) is 23.0 Å². The zero-order valence-electron chi connectivity index (χ0n) is 10.7. The van der Waals surface area contributed by atoms with E-state index in [0.29, 0.717) is 11.8 Å². The zero-order valence-corrected chi connectivity index (χ0v) is 12.2. The fraction of sp³-hybridized carbons (Fsp3) is 0.231. The number of nitrogens with two attached hydrogens (primary N) is 1. The lowest BCUT2D eigenvalue weighted by molar-refractivity contribution is 0.486. The van der Waals surface area contributed by atoms with Gasteiger partial charge < -0.3 is 9.73 Å². The SMILES string of the molecule is NS(=O)(=O)c1ccc(CCNCc2ccc(Cl)o2)cc1. The van der Waals surface area contributed by atoms with Crippen LogP contribution in [0, 0.1) is 0 Å². The van der Waals surface area contributed by atoms with E-state index in [0.717, 1.165) is 24.3 Å². The highest BCUT2D eigenvalue weighted by Gasteiger charge is 2.06. The molecule has 0 radical (unpaired) electrons. The molecular weight excluding hydrogens is 300 g/mol. The average molecular weight is 315 g/mol. The molecule has 0 saturated heterocycles. The molecule has 0 fully saturated rings. The molecule has 2 aromatic rings.